The van der Waals surface area contributed by atoms with Crippen molar-refractivity contribution in [3.63, 3.8) is 0 Å². The third-order valence-electron chi connectivity index (χ3n) is 4.21. The summed E-state index contributed by atoms with van der Waals surface area (Å²) in [4.78, 5) is 5.51. The number of aromatic nitrogens is 2. The largest absolute Gasteiger partial charge is 0.338 e. The normalized spacial score (nSPS) is 12.2. The number of hydrogen-bond donors (Lipinski definition) is 1. The van der Waals surface area contributed by atoms with Gasteiger partial charge in [-0.3, -0.25) is 5.32 Å². The van der Waals surface area contributed by atoms with Crippen molar-refractivity contribution in [3.05, 3.63) is 94.7 Å². The number of hydrogen-bond acceptors (Lipinski definition) is 5. The number of nitrogens with zero attached hydrogens (tertiary/aromatic N) is 2. The Balaban J connectivity index is 1.54. The SMILES string of the molecule is Cc1ccc(C(NCc2nc(-c3cccs3)no2)c2ccccc2)cc1. The van der Waals surface area contributed by atoms with Gasteiger partial charge in [0.15, 0.2) is 0 Å². The third-order valence-corrected chi connectivity index (χ3v) is 5.08. The zero-order valence-electron chi connectivity index (χ0n) is 14.4. The summed E-state index contributed by atoms with van der Waals surface area (Å²) >= 11 is 1.60. The van der Waals surface area contributed by atoms with Gasteiger partial charge < -0.3 is 4.52 Å². The highest BCUT2D eigenvalue weighted by Gasteiger charge is 2.16. The van der Waals surface area contributed by atoms with Crippen LogP contribution in [0.4, 0.5) is 0 Å². The molecule has 0 radical (unpaired) electrons. The molecule has 0 aliphatic rings. The van der Waals surface area contributed by atoms with E-state index in [1.54, 1.807) is 11.3 Å². The van der Waals surface area contributed by atoms with Gasteiger partial charge in [-0.15, -0.1) is 11.3 Å². The molecular weight excluding hydrogens is 342 g/mol. The van der Waals surface area contributed by atoms with Gasteiger partial charge in [-0.25, -0.2) is 0 Å². The highest BCUT2D eigenvalue weighted by atomic mass is 32.1. The summed E-state index contributed by atoms with van der Waals surface area (Å²) in [5.41, 5.74) is 3.66. The van der Waals surface area contributed by atoms with Crippen molar-refractivity contribution in [2.45, 2.75) is 19.5 Å². The van der Waals surface area contributed by atoms with Crippen LogP contribution in [0.15, 0.2) is 76.6 Å². The van der Waals surface area contributed by atoms with Gasteiger partial charge >= 0.3 is 0 Å². The lowest BCUT2D eigenvalue weighted by Gasteiger charge is -2.19. The van der Waals surface area contributed by atoms with Gasteiger partial charge in [0, 0.05) is 0 Å². The van der Waals surface area contributed by atoms with Crippen molar-refractivity contribution in [1.29, 1.82) is 0 Å². The number of rotatable bonds is 6. The van der Waals surface area contributed by atoms with Crippen LogP contribution in [0.3, 0.4) is 0 Å². The Hall–Kier alpha value is -2.76. The van der Waals surface area contributed by atoms with E-state index >= 15 is 0 Å². The van der Waals surface area contributed by atoms with Gasteiger partial charge in [0.1, 0.15) is 0 Å². The number of aryl methyl sites for hydroxylation is 1. The fourth-order valence-corrected chi connectivity index (χ4v) is 3.50. The minimum absolute atomic E-state index is 0.0638. The van der Waals surface area contributed by atoms with Gasteiger partial charge in [0.05, 0.1) is 17.5 Å². The number of thiophene rings is 1. The molecule has 0 saturated heterocycles. The van der Waals surface area contributed by atoms with Crippen LogP contribution in [0.2, 0.25) is 0 Å². The maximum absolute atomic E-state index is 5.41. The van der Waals surface area contributed by atoms with Crippen LogP contribution in [0.25, 0.3) is 10.7 Å². The second-order valence-corrected chi connectivity index (χ2v) is 7.07. The molecule has 0 aliphatic heterocycles. The third kappa shape index (κ3) is 3.74. The Bertz CT molecular complexity index is 947. The quantitative estimate of drug-likeness (QED) is 0.526. The van der Waals surface area contributed by atoms with Crippen LogP contribution >= 0.6 is 11.3 Å². The molecule has 0 amide bonds. The van der Waals surface area contributed by atoms with E-state index in [-0.39, 0.29) is 6.04 Å². The molecule has 130 valence electrons. The predicted molar refractivity (Wildman–Crippen MR) is 104 cm³/mol. The van der Waals surface area contributed by atoms with Crippen LogP contribution in [0, 0.1) is 6.92 Å². The molecule has 0 saturated carbocycles. The first-order valence-electron chi connectivity index (χ1n) is 8.51. The van der Waals surface area contributed by atoms with Gasteiger partial charge in [-0.2, -0.15) is 4.98 Å². The minimum atomic E-state index is 0.0638. The standard InChI is InChI=1S/C21H19N3OS/c1-15-9-11-17(12-10-15)20(16-6-3-2-4-7-16)22-14-19-23-21(24-25-19)18-8-5-13-26-18/h2-13,20,22H,14H2,1H3. The molecule has 4 aromatic rings. The lowest BCUT2D eigenvalue weighted by atomic mass is 9.98. The number of benzene rings is 2. The van der Waals surface area contributed by atoms with E-state index in [0.717, 1.165) is 4.88 Å². The Morgan fingerprint density at radius 3 is 2.46 bits per heavy atom. The van der Waals surface area contributed by atoms with E-state index in [9.17, 15) is 0 Å². The summed E-state index contributed by atoms with van der Waals surface area (Å²) in [6.45, 7) is 2.60. The van der Waals surface area contributed by atoms with Crippen LogP contribution in [-0.2, 0) is 6.54 Å². The topological polar surface area (TPSA) is 51.0 Å². The van der Waals surface area contributed by atoms with Crippen LogP contribution < -0.4 is 5.32 Å². The predicted octanol–water partition coefficient (Wildman–Crippen LogP) is 4.99. The molecule has 1 unspecified atom stereocenters. The summed E-state index contributed by atoms with van der Waals surface area (Å²) in [5, 5.41) is 9.64. The maximum atomic E-state index is 5.41. The van der Waals surface area contributed by atoms with Crippen molar-refractivity contribution in [3.8, 4) is 10.7 Å². The average molecular weight is 361 g/mol. The summed E-state index contributed by atoms with van der Waals surface area (Å²) in [5.74, 6) is 1.23. The molecule has 4 rings (SSSR count). The molecule has 1 atom stereocenters. The Labute approximate surface area is 156 Å². The zero-order valence-corrected chi connectivity index (χ0v) is 15.2. The molecule has 26 heavy (non-hydrogen) atoms. The first-order chi connectivity index (χ1) is 12.8. The van der Waals surface area contributed by atoms with E-state index in [1.165, 1.54) is 16.7 Å². The maximum Gasteiger partial charge on any atom is 0.240 e. The smallest absolute Gasteiger partial charge is 0.240 e. The van der Waals surface area contributed by atoms with E-state index in [0.29, 0.717) is 18.3 Å². The van der Waals surface area contributed by atoms with Gasteiger partial charge in [-0.05, 0) is 29.5 Å². The first kappa shape index (κ1) is 16.7. The second kappa shape index (κ2) is 7.64. The van der Waals surface area contributed by atoms with Crippen LogP contribution in [0.5, 0.6) is 0 Å². The van der Waals surface area contributed by atoms with Crippen molar-refractivity contribution in [1.82, 2.24) is 15.5 Å². The summed E-state index contributed by atoms with van der Waals surface area (Å²) < 4.78 is 5.41. The molecular formula is C21H19N3OS. The summed E-state index contributed by atoms with van der Waals surface area (Å²) in [7, 11) is 0. The van der Waals surface area contributed by atoms with Crippen LogP contribution in [0.1, 0.15) is 28.6 Å². The molecule has 5 heteroatoms. The molecule has 4 nitrogen and oxygen atoms in total. The van der Waals surface area contributed by atoms with E-state index in [1.807, 2.05) is 23.6 Å². The highest BCUT2D eigenvalue weighted by molar-refractivity contribution is 7.13. The average Bonchev–Trinajstić information content (AvgIpc) is 3.36. The zero-order chi connectivity index (χ0) is 17.8. The van der Waals surface area contributed by atoms with Gasteiger partial charge in [0.2, 0.25) is 11.7 Å². The van der Waals surface area contributed by atoms with Crippen LogP contribution in [-0.4, -0.2) is 10.1 Å². The fourth-order valence-electron chi connectivity index (χ4n) is 2.85. The van der Waals surface area contributed by atoms with E-state index < -0.39 is 0 Å². The Morgan fingerprint density at radius 1 is 0.962 bits per heavy atom. The fraction of sp³-hybridized carbons (Fsp3) is 0.143. The molecule has 2 heterocycles. The van der Waals surface area contributed by atoms with E-state index in [2.05, 4.69) is 70.9 Å². The monoisotopic (exact) mass is 361 g/mol. The van der Waals surface area contributed by atoms with Gasteiger partial charge in [-0.1, -0.05) is 71.4 Å². The highest BCUT2D eigenvalue weighted by Crippen LogP contribution is 2.24. The second-order valence-electron chi connectivity index (χ2n) is 6.12. The molecule has 1 N–H and O–H groups in total. The molecule has 2 aromatic carbocycles. The molecule has 2 aromatic heterocycles. The lowest BCUT2D eigenvalue weighted by Crippen LogP contribution is -2.22. The molecule has 0 bridgehead atoms. The molecule has 0 fully saturated rings. The van der Waals surface area contributed by atoms with Crippen molar-refractivity contribution >= 4 is 11.3 Å². The minimum Gasteiger partial charge on any atom is -0.338 e. The molecule has 0 aliphatic carbocycles. The lowest BCUT2D eigenvalue weighted by molar-refractivity contribution is 0.363. The van der Waals surface area contributed by atoms with Gasteiger partial charge in [0.25, 0.3) is 0 Å². The molecule has 0 spiro atoms. The summed E-state index contributed by atoms with van der Waals surface area (Å²) in [6, 6.07) is 23.0. The van der Waals surface area contributed by atoms with Crippen molar-refractivity contribution < 1.29 is 4.52 Å². The van der Waals surface area contributed by atoms with Crippen molar-refractivity contribution in [2.75, 3.05) is 0 Å². The van der Waals surface area contributed by atoms with E-state index in [4.69, 9.17) is 4.52 Å². The number of nitrogens with one attached hydrogen (secondary N) is 1. The summed E-state index contributed by atoms with van der Waals surface area (Å²) in [6.07, 6.45) is 0. The Morgan fingerprint density at radius 2 is 1.73 bits per heavy atom. The first-order valence-corrected chi connectivity index (χ1v) is 9.39. The Kier molecular flexibility index (Phi) is 4.91. The van der Waals surface area contributed by atoms with Crippen molar-refractivity contribution in [2.24, 2.45) is 0 Å².